The molecule has 0 unspecified atom stereocenters. The van der Waals surface area contributed by atoms with Crippen molar-refractivity contribution in [3.63, 3.8) is 0 Å². The summed E-state index contributed by atoms with van der Waals surface area (Å²) in [6, 6.07) is 11.2. The molecular weight excluding hydrogens is 368 g/mol. The van der Waals surface area contributed by atoms with Gasteiger partial charge in [0.05, 0.1) is 25.4 Å². The van der Waals surface area contributed by atoms with Crippen molar-refractivity contribution in [3.8, 4) is 11.5 Å². The van der Waals surface area contributed by atoms with Crippen LogP contribution < -0.4 is 14.8 Å². The lowest BCUT2D eigenvalue weighted by Crippen LogP contribution is -2.37. The summed E-state index contributed by atoms with van der Waals surface area (Å²) in [5.74, 6) is 1.33. The maximum absolute atomic E-state index is 12.6. The lowest BCUT2D eigenvalue weighted by molar-refractivity contribution is -0.117. The summed E-state index contributed by atoms with van der Waals surface area (Å²) in [6.07, 6.45) is 0.846. The highest BCUT2D eigenvalue weighted by Gasteiger charge is 2.22. The largest absolute Gasteiger partial charge is 0.490 e. The van der Waals surface area contributed by atoms with Crippen molar-refractivity contribution >= 4 is 17.4 Å². The minimum Gasteiger partial charge on any atom is -0.490 e. The number of nitrogens with zero attached hydrogens (tertiary/aromatic N) is 1. The summed E-state index contributed by atoms with van der Waals surface area (Å²) in [5.41, 5.74) is 3.47. The Hall–Kier alpha value is -2.86. The number of nitrogens with one attached hydrogen (secondary N) is 1. The minimum atomic E-state index is -0.127. The number of benzene rings is 2. The summed E-state index contributed by atoms with van der Waals surface area (Å²) in [4.78, 5) is 26.4. The first-order valence-electron chi connectivity index (χ1n) is 10.0. The van der Waals surface area contributed by atoms with Crippen LogP contribution in [0.3, 0.4) is 0 Å². The molecule has 0 fully saturated rings. The molecule has 0 aliphatic carbocycles. The first-order valence-corrected chi connectivity index (χ1v) is 10.0. The Kier molecular flexibility index (Phi) is 6.88. The number of rotatable bonds is 8. The van der Waals surface area contributed by atoms with Crippen molar-refractivity contribution in [2.45, 2.75) is 33.7 Å². The number of anilines is 1. The quantitative estimate of drug-likeness (QED) is 0.690. The van der Waals surface area contributed by atoms with Gasteiger partial charge in [-0.25, -0.2) is 0 Å². The number of amides is 1. The fourth-order valence-corrected chi connectivity index (χ4v) is 3.59. The number of fused-ring (bicyclic) bond motifs is 1. The topological polar surface area (TPSA) is 67.9 Å². The molecule has 154 valence electrons. The van der Waals surface area contributed by atoms with E-state index >= 15 is 0 Å². The molecule has 0 bridgehead atoms. The predicted octanol–water partition coefficient (Wildman–Crippen LogP) is 3.68. The average Bonchev–Trinajstić information content (AvgIpc) is 2.69. The Morgan fingerprint density at radius 1 is 1.03 bits per heavy atom. The molecule has 0 saturated heterocycles. The highest BCUT2D eigenvalue weighted by Crippen LogP contribution is 2.33. The second-order valence-electron chi connectivity index (χ2n) is 7.04. The third-order valence-electron chi connectivity index (χ3n) is 4.90. The number of hydrogen-bond acceptors (Lipinski definition) is 5. The highest BCUT2D eigenvalue weighted by molar-refractivity contribution is 6.04. The maximum atomic E-state index is 12.6. The van der Waals surface area contributed by atoms with E-state index in [1.165, 1.54) is 12.5 Å². The maximum Gasteiger partial charge on any atom is 0.238 e. The van der Waals surface area contributed by atoms with Gasteiger partial charge in [-0.3, -0.25) is 14.5 Å². The molecular formula is C23H28N2O4. The van der Waals surface area contributed by atoms with Gasteiger partial charge in [0.15, 0.2) is 17.3 Å². The number of ketones is 1. The smallest absolute Gasteiger partial charge is 0.238 e. The van der Waals surface area contributed by atoms with Crippen LogP contribution in [-0.4, -0.2) is 42.9 Å². The average molecular weight is 396 g/mol. The second kappa shape index (κ2) is 9.56. The molecule has 29 heavy (non-hydrogen) atoms. The van der Waals surface area contributed by atoms with Gasteiger partial charge in [-0.1, -0.05) is 12.1 Å². The van der Waals surface area contributed by atoms with Crippen molar-refractivity contribution in [1.29, 1.82) is 0 Å². The molecule has 1 aliphatic heterocycles. The summed E-state index contributed by atoms with van der Waals surface area (Å²) in [7, 11) is 0. The fourth-order valence-electron chi connectivity index (χ4n) is 3.59. The Bertz CT molecular complexity index is 894. The monoisotopic (exact) mass is 396 g/mol. The molecule has 2 aromatic carbocycles. The van der Waals surface area contributed by atoms with E-state index in [1.54, 1.807) is 18.2 Å². The molecule has 0 aromatic heterocycles. The van der Waals surface area contributed by atoms with Gasteiger partial charge in [-0.05, 0) is 62.6 Å². The Balaban J connectivity index is 1.68. The summed E-state index contributed by atoms with van der Waals surface area (Å²) >= 11 is 0. The molecule has 1 amide bonds. The number of carbonyl (C=O) groups is 2. The van der Waals surface area contributed by atoms with Gasteiger partial charge in [0.1, 0.15) is 0 Å². The van der Waals surface area contributed by atoms with E-state index in [1.807, 2.05) is 26.0 Å². The fraction of sp³-hybridized carbons (Fsp3) is 0.391. The molecule has 1 aliphatic rings. The number of ether oxygens (including phenoxy) is 2. The summed E-state index contributed by atoms with van der Waals surface area (Å²) in [5, 5.41) is 2.87. The van der Waals surface area contributed by atoms with E-state index in [4.69, 9.17) is 9.47 Å². The van der Waals surface area contributed by atoms with Crippen molar-refractivity contribution < 1.29 is 19.1 Å². The van der Waals surface area contributed by atoms with Gasteiger partial charge in [-0.15, -0.1) is 0 Å². The van der Waals surface area contributed by atoms with Gasteiger partial charge in [-0.2, -0.15) is 0 Å². The molecule has 1 heterocycles. The van der Waals surface area contributed by atoms with Crippen molar-refractivity contribution in [3.05, 3.63) is 53.1 Å². The molecule has 6 nitrogen and oxygen atoms in total. The normalized spacial score (nSPS) is 13.5. The zero-order chi connectivity index (χ0) is 20.8. The second-order valence-corrected chi connectivity index (χ2v) is 7.04. The third kappa shape index (κ3) is 5.15. The van der Waals surface area contributed by atoms with Crippen molar-refractivity contribution in [2.75, 3.05) is 31.6 Å². The van der Waals surface area contributed by atoms with Crippen LogP contribution in [0.5, 0.6) is 11.5 Å². The lowest BCUT2D eigenvalue weighted by atomic mass is 9.98. The lowest BCUT2D eigenvalue weighted by Gasteiger charge is -2.29. The molecule has 0 spiro atoms. The summed E-state index contributed by atoms with van der Waals surface area (Å²) in [6.45, 7) is 8.29. The minimum absolute atomic E-state index is 0.0682. The van der Waals surface area contributed by atoms with Gasteiger partial charge in [0, 0.05) is 18.7 Å². The van der Waals surface area contributed by atoms with Crippen LogP contribution in [0, 0.1) is 0 Å². The molecule has 0 atom stereocenters. The highest BCUT2D eigenvalue weighted by atomic mass is 16.5. The van der Waals surface area contributed by atoms with Crippen LogP contribution >= 0.6 is 0 Å². The molecule has 0 saturated carbocycles. The SMILES string of the molecule is CCOc1cc2c(cc1OCC)CN(CC(=O)Nc1ccccc1C(C)=O)CC2. The van der Waals surface area contributed by atoms with E-state index in [9.17, 15) is 9.59 Å². The number of para-hydroxylation sites is 1. The van der Waals surface area contributed by atoms with Crippen LogP contribution in [0.4, 0.5) is 5.69 Å². The van der Waals surface area contributed by atoms with Crippen molar-refractivity contribution in [2.24, 2.45) is 0 Å². The zero-order valence-electron chi connectivity index (χ0n) is 17.3. The first kappa shape index (κ1) is 20.9. The van der Waals surface area contributed by atoms with E-state index in [0.29, 0.717) is 31.0 Å². The van der Waals surface area contributed by atoms with Crippen LogP contribution in [-0.2, 0) is 17.8 Å². The molecule has 2 aromatic rings. The Morgan fingerprint density at radius 2 is 1.69 bits per heavy atom. The Morgan fingerprint density at radius 3 is 2.34 bits per heavy atom. The first-order chi connectivity index (χ1) is 14.0. The van der Waals surface area contributed by atoms with Gasteiger partial charge in [0.2, 0.25) is 5.91 Å². The van der Waals surface area contributed by atoms with Crippen LogP contribution in [0.1, 0.15) is 42.3 Å². The third-order valence-corrected chi connectivity index (χ3v) is 4.90. The molecule has 3 rings (SSSR count). The van der Waals surface area contributed by atoms with Crippen LogP contribution in [0.25, 0.3) is 0 Å². The predicted molar refractivity (Wildman–Crippen MR) is 113 cm³/mol. The summed E-state index contributed by atoms with van der Waals surface area (Å²) < 4.78 is 11.4. The van der Waals surface area contributed by atoms with Gasteiger partial charge < -0.3 is 14.8 Å². The molecule has 1 N–H and O–H groups in total. The standard InChI is InChI=1S/C23H28N2O4/c1-4-28-21-12-17-10-11-25(14-18(17)13-22(21)29-5-2)15-23(27)24-20-9-7-6-8-19(20)16(3)26/h6-9,12-13H,4-5,10-11,14-15H2,1-3H3,(H,24,27). The van der Waals surface area contributed by atoms with Gasteiger partial charge in [0.25, 0.3) is 0 Å². The van der Waals surface area contributed by atoms with E-state index in [2.05, 4.69) is 16.3 Å². The molecule has 0 radical (unpaired) electrons. The number of Topliss-reactive ketones (excluding diaryl/α,β-unsaturated/α-hetero) is 1. The zero-order valence-corrected chi connectivity index (χ0v) is 17.3. The van der Waals surface area contributed by atoms with Crippen molar-refractivity contribution in [1.82, 2.24) is 4.90 Å². The number of hydrogen-bond donors (Lipinski definition) is 1. The van der Waals surface area contributed by atoms with Crippen LogP contribution in [0.15, 0.2) is 36.4 Å². The van der Waals surface area contributed by atoms with E-state index < -0.39 is 0 Å². The number of carbonyl (C=O) groups excluding carboxylic acids is 2. The van der Waals surface area contributed by atoms with E-state index in [0.717, 1.165) is 30.0 Å². The van der Waals surface area contributed by atoms with Gasteiger partial charge >= 0.3 is 0 Å². The van der Waals surface area contributed by atoms with Crippen LogP contribution in [0.2, 0.25) is 0 Å². The van der Waals surface area contributed by atoms with E-state index in [-0.39, 0.29) is 18.2 Å². The molecule has 6 heteroatoms. The Labute approximate surface area is 171 Å².